The number of pyridine rings is 1. The van der Waals surface area contributed by atoms with E-state index >= 15 is 0 Å². The smallest absolute Gasteiger partial charge is 0.270 e. The summed E-state index contributed by atoms with van der Waals surface area (Å²) in [5, 5.41) is 0. The Balaban J connectivity index is 2.58. The quantitative estimate of drug-likeness (QED) is 0.507. The average Bonchev–Trinajstić information content (AvgIpc) is 2.50. The van der Waals surface area contributed by atoms with Crippen LogP contribution >= 0.6 is 0 Å². The molecule has 1 aromatic rings. The lowest BCUT2D eigenvalue weighted by Gasteiger charge is -1.94. The van der Waals surface area contributed by atoms with Crippen molar-refractivity contribution in [3.05, 3.63) is 40.9 Å². The van der Waals surface area contributed by atoms with Crippen molar-refractivity contribution in [2.24, 2.45) is 0 Å². The van der Waals surface area contributed by atoms with Crippen molar-refractivity contribution < 1.29 is 0 Å². The third kappa shape index (κ3) is 0.908. The number of allylic oxidation sites excluding steroid dienone is 1. The molecule has 1 aromatic heterocycles. The number of hydrogen-bond donors (Lipinski definition) is 0. The number of aromatic nitrogens is 1. The van der Waals surface area contributed by atoms with Crippen molar-refractivity contribution in [3.63, 3.8) is 0 Å². The van der Waals surface area contributed by atoms with E-state index < -0.39 is 0 Å². The molecular formula is C9H6N2. The van der Waals surface area contributed by atoms with E-state index in [1.54, 1.807) is 6.20 Å². The minimum absolute atomic E-state index is 0.482. The topological polar surface area (TPSA) is 17.2 Å². The molecule has 0 N–H and O–H groups in total. The Morgan fingerprint density at radius 1 is 1.55 bits per heavy atom. The summed E-state index contributed by atoms with van der Waals surface area (Å²) >= 11 is 0. The number of nitrogens with zero attached hydrogens (tertiary/aromatic N) is 2. The second-order valence-corrected chi connectivity index (χ2v) is 2.46. The molecule has 11 heavy (non-hydrogen) atoms. The zero-order chi connectivity index (χ0) is 7.68. The van der Waals surface area contributed by atoms with Gasteiger partial charge in [-0.25, -0.2) is 0 Å². The molecule has 1 aliphatic rings. The van der Waals surface area contributed by atoms with E-state index in [1.165, 1.54) is 5.56 Å². The maximum absolute atomic E-state index is 6.74. The Hall–Kier alpha value is -1.62. The molecule has 2 nitrogen and oxygen atoms in total. The predicted molar refractivity (Wildman–Crippen MR) is 43.2 cm³/mol. The average molecular weight is 142 g/mol. The highest BCUT2D eigenvalue weighted by atomic mass is 14.9. The van der Waals surface area contributed by atoms with E-state index in [1.807, 2.05) is 12.1 Å². The van der Waals surface area contributed by atoms with Gasteiger partial charge in [0, 0.05) is 5.56 Å². The van der Waals surface area contributed by atoms with Crippen LogP contribution in [0.2, 0.25) is 0 Å². The van der Waals surface area contributed by atoms with Gasteiger partial charge in [-0.15, -0.1) is 4.98 Å². The Kier molecular flexibility index (Phi) is 1.23. The first kappa shape index (κ1) is 6.11. The summed E-state index contributed by atoms with van der Waals surface area (Å²) in [6.07, 6.45) is 6.86. The number of fused-ring (bicyclic) bond motifs is 1. The second-order valence-electron chi connectivity index (χ2n) is 2.46. The summed E-state index contributed by atoms with van der Waals surface area (Å²) in [5.74, 6) is 0.482. The van der Waals surface area contributed by atoms with Crippen LogP contribution in [-0.4, -0.2) is 4.98 Å². The molecule has 0 unspecified atom stereocenters. The maximum atomic E-state index is 6.74. The Bertz CT molecular complexity index is 358. The molecule has 0 aromatic carbocycles. The Morgan fingerprint density at radius 2 is 2.45 bits per heavy atom. The largest absolute Gasteiger partial charge is 0.361 e. The standard InChI is InChI=1S/C9H6N2/c1-10-9-5-7-3-2-4-8(7)6-11-9/h2-3,5-6H,4H2. The summed E-state index contributed by atoms with van der Waals surface area (Å²) in [6.45, 7) is 6.74. The lowest BCUT2D eigenvalue weighted by molar-refractivity contribution is 1.22. The summed E-state index contributed by atoms with van der Waals surface area (Å²) in [7, 11) is 0. The van der Waals surface area contributed by atoms with Crippen molar-refractivity contribution in [1.82, 2.24) is 4.98 Å². The van der Waals surface area contributed by atoms with E-state index in [-0.39, 0.29) is 0 Å². The molecule has 0 radical (unpaired) electrons. The highest BCUT2D eigenvalue weighted by Gasteiger charge is 2.06. The van der Waals surface area contributed by atoms with Gasteiger partial charge >= 0.3 is 0 Å². The number of rotatable bonds is 0. The van der Waals surface area contributed by atoms with E-state index in [9.17, 15) is 0 Å². The molecule has 0 saturated heterocycles. The van der Waals surface area contributed by atoms with Crippen molar-refractivity contribution in [1.29, 1.82) is 0 Å². The van der Waals surface area contributed by atoms with Gasteiger partial charge in [-0.1, -0.05) is 18.7 Å². The molecule has 0 bridgehead atoms. The summed E-state index contributed by atoms with van der Waals surface area (Å²) in [6, 6.07) is 1.83. The third-order valence-electron chi connectivity index (χ3n) is 1.76. The monoisotopic (exact) mass is 142 g/mol. The molecular weight excluding hydrogens is 136 g/mol. The molecule has 0 amide bonds. The van der Waals surface area contributed by atoms with Gasteiger partial charge in [0.2, 0.25) is 0 Å². The highest BCUT2D eigenvalue weighted by molar-refractivity contribution is 5.62. The van der Waals surface area contributed by atoms with Crippen LogP contribution in [0.15, 0.2) is 18.3 Å². The van der Waals surface area contributed by atoms with Gasteiger partial charge in [0.1, 0.15) is 6.20 Å². The molecule has 1 aliphatic carbocycles. The zero-order valence-electron chi connectivity index (χ0n) is 5.91. The molecule has 0 aliphatic heterocycles. The van der Waals surface area contributed by atoms with Crippen molar-refractivity contribution in [2.75, 3.05) is 0 Å². The van der Waals surface area contributed by atoms with E-state index in [0.717, 1.165) is 12.0 Å². The normalized spacial score (nSPS) is 12.6. The first-order chi connectivity index (χ1) is 5.40. The minimum atomic E-state index is 0.482. The molecule has 52 valence electrons. The van der Waals surface area contributed by atoms with Crippen LogP contribution in [0.1, 0.15) is 11.1 Å². The molecule has 1 heterocycles. The predicted octanol–water partition coefficient (Wildman–Crippen LogP) is 2.20. The molecule has 2 heteroatoms. The summed E-state index contributed by atoms with van der Waals surface area (Å²) < 4.78 is 0. The van der Waals surface area contributed by atoms with Crippen LogP contribution in [-0.2, 0) is 6.42 Å². The van der Waals surface area contributed by atoms with E-state index in [0.29, 0.717) is 5.82 Å². The minimum Gasteiger partial charge on any atom is -0.361 e. The summed E-state index contributed by atoms with van der Waals surface area (Å²) in [4.78, 5) is 7.23. The molecule has 0 atom stereocenters. The molecule has 0 saturated carbocycles. The van der Waals surface area contributed by atoms with Crippen LogP contribution in [0.5, 0.6) is 0 Å². The molecule has 0 fully saturated rings. The van der Waals surface area contributed by atoms with Crippen molar-refractivity contribution in [3.8, 4) is 0 Å². The van der Waals surface area contributed by atoms with E-state index in [4.69, 9.17) is 6.57 Å². The fraction of sp³-hybridized carbons (Fsp3) is 0.111. The highest BCUT2D eigenvalue weighted by Crippen LogP contribution is 2.21. The first-order valence-corrected chi connectivity index (χ1v) is 3.43. The van der Waals surface area contributed by atoms with Crippen LogP contribution in [0.4, 0.5) is 5.82 Å². The second kappa shape index (κ2) is 2.21. The van der Waals surface area contributed by atoms with Gasteiger partial charge in [-0.3, -0.25) is 0 Å². The number of hydrogen-bond acceptors (Lipinski definition) is 1. The first-order valence-electron chi connectivity index (χ1n) is 3.43. The van der Waals surface area contributed by atoms with Gasteiger partial charge in [-0.2, -0.15) is 0 Å². The van der Waals surface area contributed by atoms with Crippen LogP contribution < -0.4 is 0 Å². The molecule has 0 spiro atoms. The van der Waals surface area contributed by atoms with Crippen LogP contribution in [0, 0.1) is 6.57 Å². The van der Waals surface area contributed by atoms with Gasteiger partial charge < -0.3 is 4.85 Å². The van der Waals surface area contributed by atoms with Gasteiger partial charge in [0.15, 0.2) is 0 Å². The summed E-state index contributed by atoms with van der Waals surface area (Å²) in [5.41, 5.74) is 2.36. The fourth-order valence-corrected chi connectivity index (χ4v) is 1.19. The third-order valence-corrected chi connectivity index (χ3v) is 1.76. The Morgan fingerprint density at radius 3 is 3.27 bits per heavy atom. The molecule has 2 rings (SSSR count). The SMILES string of the molecule is [C-]#[N+]c1cc2c(cn1)CC=C2. The van der Waals surface area contributed by atoms with Gasteiger partial charge in [0.25, 0.3) is 5.82 Å². The lowest BCUT2D eigenvalue weighted by Crippen LogP contribution is -1.82. The fourth-order valence-electron chi connectivity index (χ4n) is 1.19. The van der Waals surface area contributed by atoms with Crippen LogP contribution in [0.3, 0.4) is 0 Å². The van der Waals surface area contributed by atoms with Gasteiger partial charge in [-0.05, 0) is 18.1 Å². The van der Waals surface area contributed by atoms with Gasteiger partial charge in [0.05, 0.1) is 0 Å². The zero-order valence-corrected chi connectivity index (χ0v) is 5.91. The van der Waals surface area contributed by atoms with Crippen LogP contribution in [0.25, 0.3) is 10.9 Å². The lowest BCUT2D eigenvalue weighted by atomic mass is 10.2. The van der Waals surface area contributed by atoms with Crippen molar-refractivity contribution in [2.45, 2.75) is 6.42 Å². The van der Waals surface area contributed by atoms with Crippen molar-refractivity contribution >= 4 is 11.9 Å². The maximum Gasteiger partial charge on any atom is 0.270 e. The Labute approximate surface area is 65.0 Å². The van der Waals surface area contributed by atoms with E-state index in [2.05, 4.69) is 15.9 Å².